The number of aliphatic carboxylic acids is 1. The molecule has 2 aliphatic rings. The van der Waals surface area contributed by atoms with Crippen LogP contribution >= 0.6 is 0 Å². The van der Waals surface area contributed by atoms with Crippen molar-refractivity contribution in [3.63, 3.8) is 0 Å². The second kappa shape index (κ2) is 6.90. The Morgan fingerprint density at radius 3 is 2.75 bits per heavy atom. The molecule has 2 saturated heterocycles. The SMILES string of the molecule is Nc1ncnc2c1ncn2[C@@H]1O[C@H](C[N+]2(CC[C@H](N)C(=O)O)CC2)[C@@H](O)[C@H]1O. The average Bonchev–Trinajstić information content (AvgIpc) is 3.21. The zero-order valence-corrected chi connectivity index (χ0v) is 15.1. The summed E-state index contributed by atoms with van der Waals surface area (Å²) in [6.45, 7) is 2.76. The van der Waals surface area contributed by atoms with E-state index < -0.39 is 36.6 Å². The number of nitrogens with two attached hydrogens (primary N) is 2. The minimum Gasteiger partial charge on any atom is -0.480 e. The van der Waals surface area contributed by atoms with E-state index in [9.17, 15) is 15.0 Å². The molecule has 152 valence electrons. The number of imidazole rings is 1. The molecule has 12 nitrogen and oxygen atoms in total. The molecule has 7 N–H and O–H groups in total. The van der Waals surface area contributed by atoms with E-state index in [0.717, 1.165) is 13.1 Å². The molecular weight excluding hydrogens is 370 g/mol. The van der Waals surface area contributed by atoms with Crippen molar-refractivity contribution in [1.29, 1.82) is 0 Å². The summed E-state index contributed by atoms with van der Waals surface area (Å²) in [6, 6.07) is -0.911. The van der Waals surface area contributed by atoms with Gasteiger partial charge in [0.05, 0.1) is 12.9 Å². The Balaban J connectivity index is 1.47. The van der Waals surface area contributed by atoms with Crippen molar-refractivity contribution in [3.8, 4) is 0 Å². The number of aliphatic hydroxyl groups is 2. The van der Waals surface area contributed by atoms with Gasteiger partial charge in [0.15, 0.2) is 17.7 Å². The molecule has 28 heavy (non-hydrogen) atoms. The number of hydrogen-bond acceptors (Lipinski definition) is 9. The van der Waals surface area contributed by atoms with Crippen molar-refractivity contribution in [3.05, 3.63) is 12.7 Å². The summed E-state index contributed by atoms with van der Waals surface area (Å²) in [7, 11) is 0. The highest BCUT2D eigenvalue weighted by atomic mass is 16.6. The minimum atomic E-state index is -1.17. The summed E-state index contributed by atoms with van der Waals surface area (Å²) in [5, 5.41) is 30.0. The number of aromatic nitrogens is 4. The summed E-state index contributed by atoms with van der Waals surface area (Å²) in [5.41, 5.74) is 12.2. The van der Waals surface area contributed by atoms with Gasteiger partial charge in [0.25, 0.3) is 0 Å². The lowest BCUT2D eigenvalue weighted by molar-refractivity contribution is -0.804. The summed E-state index contributed by atoms with van der Waals surface area (Å²) in [6.07, 6.45) is -0.642. The topological polar surface area (TPSA) is 183 Å². The Kier molecular flexibility index (Phi) is 4.67. The van der Waals surface area contributed by atoms with Crippen LogP contribution in [0.1, 0.15) is 12.6 Å². The fraction of sp³-hybridized carbons (Fsp3) is 0.625. The molecule has 2 aromatic heterocycles. The Bertz CT molecular complexity index is 885. The number of anilines is 1. The van der Waals surface area contributed by atoms with Gasteiger partial charge in [0, 0.05) is 6.42 Å². The van der Waals surface area contributed by atoms with Gasteiger partial charge in [0.1, 0.15) is 55.8 Å². The number of ether oxygens (including phenoxy) is 1. The van der Waals surface area contributed by atoms with Crippen LogP contribution in [0.15, 0.2) is 12.7 Å². The van der Waals surface area contributed by atoms with E-state index in [1.807, 2.05) is 0 Å². The van der Waals surface area contributed by atoms with Crippen LogP contribution in [0.3, 0.4) is 0 Å². The number of nitrogen functional groups attached to an aromatic ring is 1. The third-order valence-corrected chi connectivity index (χ3v) is 5.65. The zero-order chi connectivity index (χ0) is 20.1. The summed E-state index contributed by atoms with van der Waals surface area (Å²) in [5.74, 6) is -0.808. The van der Waals surface area contributed by atoms with Gasteiger partial charge in [-0.25, -0.2) is 15.0 Å². The Morgan fingerprint density at radius 1 is 1.32 bits per heavy atom. The van der Waals surface area contributed by atoms with Crippen LogP contribution in [0.4, 0.5) is 5.82 Å². The molecule has 0 radical (unpaired) electrons. The van der Waals surface area contributed by atoms with Gasteiger partial charge in [-0.1, -0.05) is 0 Å². The molecule has 0 saturated carbocycles. The molecule has 0 aromatic carbocycles. The fourth-order valence-electron chi connectivity index (χ4n) is 3.72. The Labute approximate surface area is 160 Å². The van der Waals surface area contributed by atoms with Gasteiger partial charge in [-0.3, -0.25) is 9.36 Å². The molecule has 2 aliphatic heterocycles. The van der Waals surface area contributed by atoms with Crippen molar-refractivity contribution in [2.75, 3.05) is 31.9 Å². The lowest BCUT2D eigenvalue weighted by Crippen LogP contribution is -2.44. The quantitative estimate of drug-likeness (QED) is 0.252. The molecule has 0 bridgehead atoms. The Morgan fingerprint density at radius 2 is 2.07 bits per heavy atom. The van der Waals surface area contributed by atoms with Gasteiger partial charge in [-0.15, -0.1) is 0 Å². The highest BCUT2D eigenvalue weighted by Gasteiger charge is 2.52. The molecule has 4 rings (SSSR count). The summed E-state index contributed by atoms with van der Waals surface area (Å²) < 4.78 is 8.12. The smallest absolute Gasteiger partial charge is 0.320 e. The standard InChI is InChI=1S/C16H23N7O5/c17-8(16(26)27)1-2-23(3-4-23)5-9-11(24)12(25)15(28-9)22-7-21-10-13(18)19-6-20-14(10)22/h6-9,11-12,15,24-25H,1-5,17H2,(H2-,18,19,20,26,27)/p+1/t8-,9+,11+,12+,15+/m0/s1. The van der Waals surface area contributed by atoms with Gasteiger partial charge in [-0.2, -0.15) is 0 Å². The molecule has 0 amide bonds. The maximum absolute atomic E-state index is 10.9. The maximum Gasteiger partial charge on any atom is 0.320 e. The van der Waals surface area contributed by atoms with Crippen molar-refractivity contribution < 1.29 is 29.3 Å². The van der Waals surface area contributed by atoms with Gasteiger partial charge < -0.3 is 36.0 Å². The van der Waals surface area contributed by atoms with Crippen molar-refractivity contribution >= 4 is 23.0 Å². The molecular formula is C16H24N7O5+. The first-order valence-corrected chi connectivity index (χ1v) is 9.09. The number of carboxylic acids is 1. The highest BCUT2D eigenvalue weighted by molar-refractivity contribution is 5.81. The van der Waals surface area contributed by atoms with Crippen LogP contribution in [0.2, 0.25) is 0 Å². The second-order valence-electron chi connectivity index (χ2n) is 7.56. The van der Waals surface area contributed by atoms with Gasteiger partial charge in [-0.05, 0) is 0 Å². The van der Waals surface area contributed by atoms with E-state index >= 15 is 0 Å². The highest BCUT2D eigenvalue weighted by Crippen LogP contribution is 2.35. The molecule has 4 heterocycles. The Hall–Kier alpha value is -2.38. The summed E-state index contributed by atoms with van der Waals surface area (Å²) in [4.78, 5) is 23.1. The number of hydrogen-bond donors (Lipinski definition) is 5. The van der Waals surface area contributed by atoms with Crippen LogP contribution in [-0.4, -0.2) is 95.8 Å². The normalized spacial score (nSPS) is 29.8. The van der Waals surface area contributed by atoms with Crippen LogP contribution in [-0.2, 0) is 9.53 Å². The fourth-order valence-corrected chi connectivity index (χ4v) is 3.72. The lowest BCUT2D eigenvalue weighted by Gasteiger charge is -2.24. The van der Waals surface area contributed by atoms with Crippen LogP contribution < -0.4 is 11.5 Å². The predicted octanol–water partition coefficient (Wildman–Crippen LogP) is -2.34. The van der Waals surface area contributed by atoms with Crippen LogP contribution in [0, 0.1) is 0 Å². The molecule has 0 unspecified atom stereocenters. The number of carboxylic acid groups (broad SMARTS) is 1. The van der Waals surface area contributed by atoms with Crippen molar-refractivity contribution in [2.45, 2.75) is 37.0 Å². The van der Waals surface area contributed by atoms with E-state index in [1.165, 1.54) is 17.2 Å². The number of quaternary nitrogens is 1. The largest absolute Gasteiger partial charge is 0.480 e. The number of carbonyl (C=O) groups is 1. The first-order chi connectivity index (χ1) is 13.3. The van der Waals surface area contributed by atoms with E-state index in [1.54, 1.807) is 0 Å². The van der Waals surface area contributed by atoms with E-state index in [-0.39, 0.29) is 5.82 Å². The molecule has 0 aliphatic carbocycles. The second-order valence-corrected chi connectivity index (χ2v) is 7.56. The number of rotatable bonds is 7. The number of fused-ring (bicyclic) bond motifs is 1. The van der Waals surface area contributed by atoms with Crippen molar-refractivity contribution in [1.82, 2.24) is 19.5 Å². The van der Waals surface area contributed by atoms with Crippen LogP contribution in [0.25, 0.3) is 11.2 Å². The molecule has 12 heteroatoms. The van der Waals surface area contributed by atoms with E-state index in [0.29, 0.717) is 35.2 Å². The van der Waals surface area contributed by atoms with E-state index in [2.05, 4.69) is 15.0 Å². The molecule has 2 fully saturated rings. The number of aliphatic hydroxyl groups excluding tert-OH is 2. The van der Waals surface area contributed by atoms with Crippen LogP contribution in [0.5, 0.6) is 0 Å². The molecule has 5 atom stereocenters. The lowest BCUT2D eigenvalue weighted by atomic mass is 10.1. The minimum absolute atomic E-state index is 0.219. The van der Waals surface area contributed by atoms with Gasteiger partial charge >= 0.3 is 5.97 Å². The summed E-state index contributed by atoms with van der Waals surface area (Å²) >= 11 is 0. The van der Waals surface area contributed by atoms with Gasteiger partial charge in [0.2, 0.25) is 0 Å². The molecule has 2 aromatic rings. The first kappa shape index (κ1) is 19.0. The third kappa shape index (κ3) is 3.29. The average molecular weight is 394 g/mol. The monoisotopic (exact) mass is 394 g/mol. The first-order valence-electron chi connectivity index (χ1n) is 9.09. The predicted molar refractivity (Wildman–Crippen MR) is 95.6 cm³/mol. The zero-order valence-electron chi connectivity index (χ0n) is 15.1. The van der Waals surface area contributed by atoms with E-state index in [4.69, 9.17) is 21.3 Å². The third-order valence-electron chi connectivity index (χ3n) is 5.65. The maximum atomic E-state index is 10.9. The van der Waals surface area contributed by atoms with Crippen molar-refractivity contribution in [2.24, 2.45) is 5.73 Å². The molecule has 0 spiro atoms. The number of nitrogens with zero attached hydrogens (tertiary/aromatic N) is 5.